The molecule has 1 aromatic carbocycles. The largest absolute Gasteiger partial charge is 0.497 e. The highest BCUT2D eigenvalue weighted by molar-refractivity contribution is 5.94. The number of likely N-dealkylation sites (tertiary alicyclic amines) is 1. The number of nitrogens with zero attached hydrogens (tertiary/aromatic N) is 2. The minimum atomic E-state index is -0.728. The summed E-state index contributed by atoms with van der Waals surface area (Å²) in [6, 6.07) is 9.31. The Morgan fingerprint density at radius 1 is 1.20 bits per heavy atom. The maximum Gasteiger partial charge on any atom is 0.409 e. The highest BCUT2D eigenvalue weighted by atomic mass is 16.5. The second-order valence-corrected chi connectivity index (χ2v) is 8.91. The third-order valence-electron chi connectivity index (χ3n) is 6.65. The third kappa shape index (κ3) is 6.20. The van der Waals surface area contributed by atoms with Crippen molar-refractivity contribution in [1.82, 2.24) is 20.5 Å². The van der Waals surface area contributed by atoms with E-state index >= 15 is 0 Å². The van der Waals surface area contributed by atoms with Gasteiger partial charge in [-0.05, 0) is 54.7 Å². The van der Waals surface area contributed by atoms with E-state index in [1.165, 1.54) is 12.7 Å². The number of ether oxygens (including phenoxy) is 2. The molecule has 0 radical (unpaired) electrons. The predicted octanol–water partition coefficient (Wildman–Crippen LogP) is 1.54. The number of rotatable bonds is 7. The van der Waals surface area contributed by atoms with Crippen molar-refractivity contribution in [2.24, 2.45) is 0 Å². The second kappa shape index (κ2) is 11.4. The summed E-state index contributed by atoms with van der Waals surface area (Å²) >= 11 is 0. The molecular weight excluding hydrogens is 450 g/mol. The number of nitrogens with one attached hydrogen (secondary N) is 3. The van der Waals surface area contributed by atoms with Gasteiger partial charge in [0.25, 0.3) is 5.91 Å². The number of fused-ring (bicyclic) bond motifs is 1. The smallest absolute Gasteiger partial charge is 0.409 e. The van der Waals surface area contributed by atoms with Gasteiger partial charge in [0.15, 0.2) is 0 Å². The van der Waals surface area contributed by atoms with Crippen molar-refractivity contribution in [3.63, 3.8) is 0 Å². The molecule has 1 unspecified atom stereocenters. The van der Waals surface area contributed by atoms with Crippen LogP contribution in [-0.4, -0.2) is 79.0 Å². The minimum absolute atomic E-state index is 0.138. The van der Waals surface area contributed by atoms with Gasteiger partial charge in [0.2, 0.25) is 0 Å². The van der Waals surface area contributed by atoms with Crippen LogP contribution in [0.5, 0.6) is 5.75 Å². The zero-order chi connectivity index (χ0) is 24.8. The van der Waals surface area contributed by atoms with Gasteiger partial charge >= 0.3 is 6.09 Å². The van der Waals surface area contributed by atoms with Crippen molar-refractivity contribution in [3.8, 4) is 5.75 Å². The summed E-state index contributed by atoms with van der Waals surface area (Å²) in [5, 5.41) is 20.2. The van der Waals surface area contributed by atoms with Gasteiger partial charge in [0.05, 0.1) is 20.3 Å². The first-order valence-corrected chi connectivity index (χ1v) is 11.9. The highest BCUT2D eigenvalue weighted by Crippen LogP contribution is 2.23. The average Bonchev–Trinajstić information content (AvgIpc) is 2.91. The van der Waals surface area contributed by atoms with Crippen molar-refractivity contribution in [2.45, 2.75) is 44.0 Å². The fourth-order valence-electron chi connectivity index (χ4n) is 4.55. The Labute approximate surface area is 205 Å². The Bertz CT molecular complexity index is 1040. The van der Waals surface area contributed by atoms with E-state index in [9.17, 15) is 14.7 Å². The SMILES string of the molecule is COC(=O)N1CCC(Nc2cc(C(=O)NCC(O)[C@@H]3Cc4ccc(OC)cc4CN3)ccn2)CC1. The maximum absolute atomic E-state index is 12.7. The van der Waals surface area contributed by atoms with Crippen LogP contribution in [0.2, 0.25) is 0 Å². The van der Waals surface area contributed by atoms with Crippen LogP contribution in [0.1, 0.15) is 34.3 Å². The average molecular weight is 484 g/mol. The number of hydrogen-bond acceptors (Lipinski definition) is 8. The fraction of sp³-hybridized carbons (Fsp3) is 0.480. The summed E-state index contributed by atoms with van der Waals surface area (Å²) in [7, 11) is 3.03. The third-order valence-corrected chi connectivity index (χ3v) is 6.65. The lowest BCUT2D eigenvalue weighted by molar-refractivity contribution is 0.0869. The molecule has 2 aromatic rings. The van der Waals surface area contributed by atoms with Crippen LogP contribution in [0, 0.1) is 0 Å². The number of anilines is 1. The van der Waals surface area contributed by atoms with Gasteiger partial charge in [-0.2, -0.15) is 0 Å². The van der Waals surface area contributed by atoms with E-state index in [-0.39, 0.29) is 30.6 Å². The molecule has 10 heteroatoms. The Morgan fingerprint density at radius 2 is 2.00 bits per heavy atom. The summed E-state index contributed by atoms with van der Waals surface area (Å²) < 4.78 is 10.0. The number of amides is 2. The predicted molar refractivity (Wildman–Crippen MR) is 131 cm³/mol. The van der Waals surface area contributed by atoms with E-state index in [1.54, 1.807) is 30.3 Å². The first-order valence-electron chi connectivity index (χ1n) is 11.9. The number of aromatic nitrogens is 1. The molecule has 188 valence electrons. The molecule has 35 heavy (non-hydrogen) atoms. The molecular formula is C25H33N5O5. The molecule has 3 heterocycles. The van der Waals surface area contributed by atoms with Crippen molar-refractivity contribution in [3.05, 3.63) is 53.2 Å². The van der Waals surface area contributed by atoms with Crippen LogP contribution < -0.4 is 20.7 Å². The van der Waals surface area contributed by atoms with E-state index in [4.69, 9.17) is 9.47 Å². The number of carbonyl (C=O) groups excluding carboxylic acids is 2. The minimum Gasteiger partial charge on any atom is -0.497 e. The molecule has 2 atom stereocenters. The van der Waals surface area contributed by atoms with Crippen LogP contribution in [-0.2, 0) is 17.7 Å². The molecule has 0 spiro atoms. The van der Waals surface area contributed by atoms with Crippen molar-refractivity contribution in [2.75, 3.05) is 39.2 Å². The highest BCUT2D eigenvalue weighted by Gasteiger charge is 2.26. The monoisotopic (exact) mass is 483 g/mol. The molecule has 0 bridgehead atoms. The summed E-state index contributed by atoms with van der Waals surface area (Å²) in [6.45, 7) is 1.99. The molecule has 0 saturated carbocycles. The number of aliphatic hydroxyl groups is 1. The van der Waals surface area contributed by atoms with E-state index in [2.05, 4.69) is 20.9 Å². The number of benzene rings is 1. The Balaban J connectivity index is 1.26. The molecule has 2 amide bonds. The lowest BCUT2D eigenvalue weighted by atomic mass is 9.92. The molecule has 2 aliphatic rings. The van der Waals surface area contributed by atoms with Crippen molar-refractivity contribution in [1.29, 1.82) is 0 Å². The molecule has 1 saturated heterocycles. The first kappa shape index (κ1) is 24.7. The lowest BCUT2D eigenvalue weighted by Gasteiger charge is -2.31. The molecule has 4 N–H and O–H groups in total. The summed E-state index contributed by atoms with van der Waals surface area (Å²) in [6.07, 6.45) is 2.76. The van der Waals surface area contributed by atoms with Crippen LogP contribution >= 0.6 is 0 Å². The summed E-state index contributed by atoms with van der Waals surface area (Å²) in [4.78, 5) is 30.4. The quantitative estimate of drug-likeness (QED) is 0.467. The molecule has 1 aromatic heterocycles. The Hall–Kier alpha value is -3.37. The Kier molecular flexibility index (Phi) is 8.04. The van der Waals surface area contributed by atoms with Gasteiger partial charge in [0, 0.05) is 50.0 Å². The maximum atomic E-state index is 12.7. The Morgan fingerprint density at radius 3 is 2.74 bits per heavy atom. The second-order valence-electron chi connectivity index (χ2n) is 8.91. The van der Waals surface area contributed by atoms with E-state index in [0.717, 1.165) is 24.2 Å². The van der Waals surface area contributed by atoms with Crippen LogP contribution in [0.15, 0.2) is 36.5 Å². The fourth-order valence-corrected chi connectivity index (χ4v) is 4.55. The first-order chi connectivity index (χ1) is 17.0. The number of piperidine rings is 1. The van der Waals surface area contributed by atoms with Crippen LogP contribution in [0.4, 0.5) is 10.6 Å². The number of pyridine rings is 1. The number of carbonyl (C=O) groups is 2. The van der Waals surface area contributed by atoms with Crippen molar-refractivity contribution < 1.29 is 24.2 Å². The molecule has 0 aliphatic carbocycles. The van der Waals surface area contributed by atoms with E-state index < -0.39 is 6.10 Å². The number of hydrogen-bond donors (Lipinski definition) is 4. The standard InChI is InChI=1S/C25H33N5O5/c1-34-20-4-3-16-12-21(27-14-18(16)11-20)22(31)15-28-24(32)17-5-8-26-23(13-17)29-19-6-9-30(10-7-19)25(33)35-2/h3-5,8,11,13,19,21-22,27,31H,6-7,9-10,12,14-15H2,1-2H3,(H,26,29)(H,28,32)/t21-,22?/m0/s1. The zero-order valence-electron chi connectivity index (χ0n) is 20.1. The molecule has 4 rings (SSSR count). The van der Waals surface area contributed by atoms with Gasteiger partial charge in [-0.25, -0.2) is 9.78 Å². The lowest BCUT2D eigenvalue weighted by Crippen LogP contribution is -2.49. The van der Waals surface area contributed by atoms with Crippen molar-refractivity contribution >= 4 is 17.8 Å². The van der Waals surface area contributed by atoms with Gasteiger partial charge in [-0.1, -0.05) is 6.07 Å². The zero-order valence-corrected chi connectivity index (χ0v) is 20.1. The topological polar surface area (TPSA) is 125 Å². The van der Waals surface area contributed by atoms with Gasteiger partial charge in [-0.15, -0.1) is 0 Å². The van der Waals surface area contributed by atoms with Gasteiger partial charge < -0.3 is 35.4 Å². The van der Waals surface area contributed by atoms with Crippen LogP contribution in [0.3, 0.4) is 0 Å². The molecule has 10 nitrogen and oxygen atoms in total. The van der Waals surface area contributed by atoms with Gasteiger partial charge in [0.1, 0.15) is 11.6 Å². The summed E-state index contributed by atoms with van der Waals surface area (Å²) in [5.74, 6) is 1.15. The van der Waals surface area contributed by atoms with E-state index in [0.29, 0.717) is 37.4 Å². The normalized spacial score (nSPS) is 18.8. The van der Waals surface area contributed by atoms with Gasteiger partial charge in [-0.3, -0.25) is 4.79 Å². The van der Waals surface area contributed by atoms with Crippen LogP contribution in [0.25, 0.3) is 0 Å². The summed E-state index contributed by atoms with van der Waals surface area (Å²) in [5.41, 5.74) is 2.79. The van der Waals surface area contributed by atoms with E-state index in [1.807, 2.05) is 18.2 Å². The molecule has 2 aliphatic heterocycles. The number of methoxy groups -OCH3 is 2. The number of aliphatic hydroxyl groups excluding tert-OH is 1. The molecule has 1 fully saturated rings.